The van der Waals surface area contributed by atoms with E-state index in [-0.39, 0.29) is 6.10 Å². The van der Waals surface area contributed by atoms with Gasteiger partial charge in [-0.15, -0.1) is 0 Å². The number of halogens is 1. The van der Waals surface area contributed by atoms with Crippen LogP contribution in [0.1, 0.15) is 18.1 Å². The predicted molar refractivity (Wildman–Crippen MR) is 53.1 cm³/mol. The molecule has 2 nitrogen and oxygen atoms in total. The normalized spacial score (nSPS) is 19.8. The van der Waals surface area contributed by atoms with E-state index in [1.165, 1.54) is 5.56 Å². The summed E-state index contributed by atoms with van der Waals surface area (Å²) in [4.78, 5) is 0. The zero-order valence-corrected chi connectivity index (χ0v) is 8.27. The van der Waals surface area contributed by atoms with Crippen molar-refractivity contribution in [3.8, 4) is 5.75 Å². The fraction of sp³-hybridized carbons (Fsp3) is 0.400. The minimum absolute atomic E-state index is 0.249. The predicted octanol–water partition coefficient (Wildman–Crippen LogP) is 2.12. The fourth-order valence-corrected chi connectivity index (χ4v) is 1.98. The lowest BCUT2D eigenvalue weighted by Gasteiger charge is -2.07. The smallest absolute Gasteiger partial charge is 0.127 e. The van der Waals surface area contributed by atoms with Gasteiger partial charge in [0.25, 0.3) is 0 Å². The molecule has 0 amide bonds. The van der Waals surface area contributed by atoms with Gasteiger partial charge in [0.05, 0.1) is 0 Å². The highest BCUT2D eigenvalue weighted by Gasteiger charge is 2.21. The molecule has 0 saturated heterocycles. The molecule has 3 heteroatoms. The van der Waals surface area contributed by atoms with Gasteiger partial charge >= 0.3 is 0 Å². The summed E-state index contributed by atoms with van der Waals surface area (Å²) < 4.78 is 5.65. The van der Waals surface area contributed by atoms with Crippen molar-refractivity contribution < 1.29 is 4.74 Å². The molecule has 0 fully saturated rings. The third-order valence-electron chi connectivity index (χ3n) is 2.25. The average molecular weight is 198 g/mol. The number of nitrogens with two attached hydrogens (primary N) is 1. The standard InChI is InChI=1S/C10H12ClNO/c1-6-2-7-3-9(11)4-8(5-12)10(7)13-6/h3-4,6H,2,5,12H2,1H3. The molecule has 0 aromatic heterocycles. The summed E-state index contributed by atoms with van der Waals surface area (Å²) in [5.41, 5.74) is 7.79. The van der Waals surface area contributed by atoms with Crippen LogP contribution in [0.3, 0.4) is 0 Å². The molecule has 0 radical (unpaired) electrons. The highest BCUT2D eigenvalue weighted by atomic mass is 35.5. The van der Waals surface area contributed by atoms with Crippen LogP contribution in [0.4, 0.5) is 0 Å². The first kappa shape index (κ1) is 8.85. The van der Waals surface area contributed by atoms with Crippen molar-refractivity contribution in [3.63, 3.8) is 0 Å². The highest BCUT2D eigenvalue weighted by Crippen LogP contribution is 2.34. The van der Waals surface area contributed by atoms with E-state index in [4.69, 9.17) is 22.1 Å². The van der Waals surface area contributed by atoms with E-state index in [1.807, 2.05) is 19.1 Å². The zero-order valence-electron chi connectivity index (χ0n) is 7.51. The molecule has 1 aliphatic heterocycles. The average Bonchev–Trinajstić information content (AvgIpc) is 2.43. The maximum absolute atomic E-state index is 5.94. The molecule has 0 bridgehead atoms. The van der Waals surface area contributed by atoms with Crippen LogP contribution < -0.4 is 10.5 Å². The largest absolute Gasteiger partial charge is 0.490 e. The summed E-state index contributed by atoms with van der Waals surface area (Å²) in [7, 11) is 0. The van der Waals surface area contributed by atoms with Gasteiger partial charge in [-0.3, -0.25) is 0 Å². The number of ether oxygens (including phenoxy) is 1. The van der Waals surface area contributed by atoms with Crippen molar-refractivity contribution in [1.29, 1.82) is 0 Å². The van der Waals surface area contributed by atoms with Crippen LogP contribution in [0.5, 0.6) is 5.75 Å². The van der Waals surface area contributed by atoms with Crippen molar-refractivity contribution in [2.75, 3.05) is 0 Å². The van der Waals surface area contributed by atoms with Crippen LogP contribution in [-0.4, -0.2) is 6.10 Å². The van der Waals surface area contributed by atoms with Crippen LogP contribution in [0.25, 0.3) is 0 Å². The van der Waals surface area contributed by atoms with Crippen LogP contribution in [0, 0.1) is 0 Å². The first-order valence-corrected chi connectivity index (χ1v) is 4.76. The van der Waals surface area contributed by atoms with Gasteiger partial charge in [0.1, 0.15) is 11.9 Å². The Morgan fingerprint density at radius 3 is 3.08 bits per heavy atom. The second-order valence-corrected chi connectivity index (χ2v) is 3.83. The van der Waals surface area contributed by atoms with Gasteiger partial charge in [-0.2, -0.15) is 0 Å². The van der Waals surface area contributed by atoms with Gasteiger partial charge in [-0.1, -0.05) is 11.6 Å². The van der Waals surface area contributed by atoms with Gasteiger partial charge in [0.15, 0.2) is 0 Å². The first-order chi connectivity index (χ1) is 6.20. The number of fused-ring (bicyclic) bond motifs is 1. The quantitative estimate of drug-likeness (QED) is 0.749. The zero-order chi connectivity index (χ0) is 9.42. The Bertz CT molecular complexity index is 338. The van der Waals surface area contributed by atoms with Gasteiger partial charge in [0, 0.05) is 23.6 Å². The minimum Gasteiger partial charge on any atom is -0.490 e. The molecule has 0 spiro atoms. The van der Waals surface area contributed by atoms with Crippen molar-refractivity contribution in [1.82, 2.24) is 0 Å². The van der Waals surface area contributed by atoms with Gasteiger partial charge in [-0.25, -0.2) is 0 Å². The molecule has 1 aromatic carbocycles. The topological polar surface area (TPSA) is 35.2 Å². The van der Waals surface area contributed by atoms with Crippen molar-refractivity contribution in [2.45, 2.75) is 26.0 Å². The Balaban J connectivity index is 2.50. The van der Waals surface area contributed by atoms with Crippen LogP contribution in [0.2, 0.25) is 5.02 Å². The molecule has 1 atom stereocenters. The number of hydrogen-bond donors (Lipinski definition) is 1. The third-order valence-corrected chi connectivity index (χ3v) is 2.47. The van der Waals surface area contributed by atoms with Crippen molar-refractivity contribution in [3.05, 3.63) is 28.3 Å². The number of hydrogen-bond acceptors (Lipinski definition) is 2. The Hall–Kier alpha value is -0.730. The van der Waals surface area contributed by atoms with E-state index < -0.39 is 0 Å². The monoisotopic (exact) mass is 197 g/mol. The molecule has 0 aliphatic carbocycles. The van der Waals surface area contributed by atoms with E-state index in [1.54, 1.807) is 0 Å². The maximum Gasteiger partial charge on any atom is 0.127 e. The second kappa shape index (κ2) is 3.20. The summed E-state index contributed by atoms with van der Waals surface area (Å²) in [6.45, 7) is 2.53. The summed E-state index contributed by atoms with van der Waals surface area (Å²) in [6.07, 6.45) is 1.18. The lowest BCUT2D eigenvalue weighted by Crippen LogP contribution is -2.06. The Morgan fingerprint density at radius 2 is 2.38 bits per heavy atom. The Kier molecular flexibility index (Phi) is 2.18. The Labute approximate surface area is 82.6 Å². The number of rotatable bonds is 1. The van der Waals surface area contributed by atoms with Crippen LogP contribution >= 0.6 is 11.6 Å². The molecule has 0 saturated carbocycles. The highest BCUT2D eigenvalue weighted by molar-refractivity contribution is 6.30. The van der Waals surface area contributed by atoms with Gasteiger partial charge in [-0.05, 0) is 24.6 Å². The minimum atomic E-state index is 0.249. The lowest BCUT2D eigenvalue weighted by molar-refractivity contribution is 0.252. The van der Waals surface area contributed by atoms with Crippen molar-refractivity contribution >= 4 is 11.6 Å². The van der Waals surface area contributed by atoms with Crippen LogP contribution in [-0.2, 0) is 13.0 Å². The molecule has 2 rings (SSSR count). The summed E-state index contributed by atoms with van der Waals surface area (Å²) in [5.74, 6) is 0.944. The van der Waals surface area contributed by atoms with Gasteiger partial charge in [0.2, 0.25) is 0 Å². The Morgan fingerprint density at radius 1 is 1.62 bits per heavy atom. The molecular formula is C10H12ClNO. The molecule has 1 heterocycles. The third kappa shape index (κ3) is 1.52. The lowest BCUT2D eigenvalue weighted by atomic mass is 10.1. The number of benzene rings is 1. The fourth-order valence-electron chi connectivity index (χ4n) is 1.72. The molecule has 2 N–H and O–H groups in total. The molecular weight excluding hydrogens is 186 g/mol. The summed E-state index contributed by atoms with van der Waals surface area (Å²) in [5, 5.41) is 0.747. The molecule has 13 heavy (non-hydrogen) atoms. The first-order valence-electron chi connectivity index (χ1n) is 4.38. The van der Waals surface area contributed by atoms with Crippen LogP contribution in [0.15, 0.2) is 12.1 Å². The van der Waals surface area contributed by atoms with Gasteiger partial charge < -0.3 is 10.5 Å². The van der Waals surface area contributed by atoms with E-state index in [2.05, 4.69) is 0 Å². The second-order valence-electron chi connectivity index (χ2n) is 3.39. The molecule has 1 unspecified atom stereocenters. The molecule has 70 valence electrons. The van der Waals surface area contributed by atoms with Crippen molar-refractivity contribution in [2.24, 2.45) is 5.73 Å². The van der Waals surface area contributed by atoms with E-state index in [9.17, 15) is 0 Å². The van der Waals surface area contributed by atoms with E-state index in [0.717, 1.165) is 22.8 Å². The van der Waals surface area contributed by atoms with E-state index >= 15 is 0 Å². The van der Waals surface area contributed by atoms with E-state index in [0.29, 0.717) is 6.54 Å². The summed E-state index contributed by atoms with van der Waals surface area (Å²) >= 11 is 5.94. The SMILES string of the molecule is CC1Cc2cc(Cl)cc(CN)c2O1. The molecule has 1 aromatic rings. The molecule has 1 aliphatic rings. The maximum atomic E-state index is 5.94. The summed E-state index contributed by atoms with van der Waals surface area (Å²) in [6, 6.07) is 3.83.